The summed E-state index contributed by atoms with van der Waals surface area (Å²) in [6.45, 7) is 2.50. The Kier molecular flexibility index (Phi) is 5.08. The molecule has 0 unspecified atom stereocenters. The van der Waals surface area contributed by atoms with E-state index in [1.807, 2.05) is 18.2 Å². The van der Waals surface area contributed by atoms with Crippen LogP contribution in [0.25, 0.3) is 11.0 Å². The summed E-state index contributed by atoms with van der Waals surface area (Å²) in [4.78, 5) is 26.9. The fraction of sp³-hybridized carbons (Fsp3) is 0.474. The molecule has 0 aliphatic carbocycles. The summed E-state index contributed by atoms with van der Waals surface area (Å²) >= 11 is 0. The number of benzene rings is 1. The van der Waals surface area contributed by atoms with Crippen molar-refractivity contribution in [3.05, 3.63) is 35.6 Å². The van der Waals surface area contributed by atoms with Gasteiger partial charge in [0.05, 0.1) is 18.8 Å². The molecule has 6 nitrogen and oxygen atoms in total. The van der Waals surface area contributed by atoms with Crippen molar-refractivity contribution in [2.45, 2.75) is 38.3 Å². The van der Waals surface area contributed by atoms with E-state index in [1.54, 1.807) is 12.0 Å². The van der Waals surface area contributed by atoms with Gasteiger partial charge in [0.1, 0.15) is 17.9 Å². The Morgan fingerprint density at radius 3 is 2.80 bits per heavy atom. The first-order chi connectivity index (χ1) is 12.1. The molecule has 1 saturated heterocycles. The van der Waals surface area contributed by atoms with Crippen molar-refractivity contribution in [1.29, 1.82) is 0 Å². The Balaban J connectivity index is 1.94. The van der Waals surface area contributed by atoms with Gasteiger partial charge >= 0.3 is 5.97 Å². The number of carbonyl (C=O) groups is 2. The number of ether oxygens (including phenoxy) is 2. The smallest absolute Gasteiger partial charge is 0.328 e. The lowest BCUT2D eigenvalue weighted by molar-refractivity contribution is -0.149. The molecular formula is C19H23NO5. The van der Waals surface area contributed by atoms with Crippen LogP contribution in [-0.2, 0) is 20.7 Å². The van der Waals surface area contributed by atoms with Gasteiger partial charge in [0, 0.05) is 25.5 Å². The number of carbonyl (C=O) groups excluding carboxylic acids is 2. The van der Waals surface area contributed by atoms with Crippen molar-refractivity contribution in [1.82, 2.24) is 4.90 Å². The third kappa shape index (κ3) is 3.26. The Morgan fingerprint density at radius 1 is 1.32 bits per heavy atom. The van der Waals surface area contributed by atoms with Crippen LogP contribution < -0.4 is 0 Å². The van der Waals surface area contributed by atoms with Gasteiger partial charge in [-0.15, -0.1) is 0 Å². The number of hydrogen-bond acceptors (Lipinski definition) is 5. The molecule has 1 amide bonds. The van der Waals surface area contributed by atoms with Crippen molar-refractivity contribution in [3.63, 3.8) is 0 Å². The largest absolute Gasteiger partial charge is 0.467 e. The predicted octanol–water partition coefficient (Wildman–Crippen LogP) is 2.79. The van der Waals surface area contributed by atoms with Crippen LogP contribution in [0.2, 0.25) is 0 Å². The zero-order valence-electron chi connectivity index (χ0n) is 14.8. The maximum atomic E-state index is 13.1. The van der Waals surface area contributed by atoms with Crippen LogP contribution in [-0.4, -0.2) is 49.7 Å². The summed E-state index contributed by atoms with van der Waals surface area (Å²) in [5, 5.41) is 0.779. The van der Waals surface area contributed by atoms with E-state index in [1.165, 1.54) is 13.4 Å². The molecule has 2 atom stereocenters. The van der Waals surface area contributed by atoms with E-state index in [4.69, 9.17) is 13.9 Å². The number of rotatable bonds is 4. The van der Waals surface area contributed by atoms with Gasteiger partial charge in [-0.05, 0) is 30.5 Å². The van der Waals surface area contributed by atoms with E-state index in [2.05, 4.69) is 6.92 Å². The quantitative estimate of drug-likeness (QED) is 0.797. The summed E-state index contributed by atoms with van der Waals surface area (Å²) < 4.78 is 15.8. The first kappa shape index (κ1) is 17.5. The Morgan fingerprint density at radius 2 is 2.12 bits per heavy atom. The molecule has 3 rings (SSSR count). The molecular weight excluding hydrogens is 322 g/mol. The summed E-state index contributed by atoms with van der Waals surface area (Å²) in [6.07, 6.45) is 3.42. The van der Waals surface area contributed by atoms with Crippen LogP contribution in [0.4, 0.5) is 0 Å². The van der Waals surface area contributed by atoms with Gasteiger partial charge < -0.3 is 18.8 Å². The molecule has 1 aromatic carbocycles. The van der Waals surface area contributed by atoms with Gasteiger partial charge in [0.2, 0.25) is 0 Å². The molecule has 1 aliphatic rings. The van der Waals surface area contributed by atoms with Crippen LogP contribution in [0.15, 0.2) is 28.9 Å². The lowest BCUT2D eigenvalue weighted by atomic mass is 9.97. The van der Waals surface area contributed by atoms with Crippen LogP contribution in [0.5, 0.6) is 0 Å². The molecule has 1 fully saturated rings. The number of methoxy groups -OCH3 is 2. The molecule has 6 heteroatoms. The third-order valence-corrected chi connectivity index (χ3v) is 4.90. The summed E-state index contributed by atoms with van der Waals surface area (Å²) in [6, 6.07) is 5.19. The average molecular weight is 345 g/mol. The van der Waals surface area contributed by atoms with Crippen LogP contribution in [0.1, 0.15) is 35.7 Å². The second kappa shape index (κ2) is 7.27. The second-order valence-corrected chi connectivity index (χ2v) is 6.25. The van der Waals surface area contributed by atoms with Crippen molar-refractivity contribution in [3.8, 4) is 0 Å². The zero-order valence-corrected chi connectivity index (χ0v) is 14.8. The SMILES string of the molecule is CCc1ccc2occ(C(=O)N3CC[C@H](OC)C[C@@H]3C(=O)OC)c2c1. The normalized spacial score (nSPS) is 20.7. The molecule has 1 aliphatic heterocycles. The molecule has 0 radical (unpaired) electrons. The molecule has 0 saturated carbocycles. The second-order valence-electron chi connectivity index (χ2n) is 6.25. The number of likely N-dealkylation sites (tertiary alicyclic amines) is 1. The first-order valence-corrected chi connectivity index (χ1v) is 8.50. The lowest BCUT2D eigenvalue weighted by Crippen LogP contribution is -2.52. The number of esters is 1. The highest BCUT2D eigenvalue weighted by atomic mass is 16.5. The number of aryl methyl sites for hydroxylation is 1. The molecule has 0 spiro atoms. The van der Waals surface area contributed by atoms with Gasteiger partial charge in [-0.3, -0.25) is 4.79 Å². The minimum atomic E-state index is -0.643. The van der Waals surface area contributed by atoms with Gasteiger partial charge in [-0.2, -0.15) is 0 Å². The summed E-state index contributed by atoms with van der Waals surface area (Å²) in [7, 11) is 2.95. The molecule has 25 heavy (non-hydrogen) atoms. The van der Waals surface area contributed by atoms with E-state index in [0.717, 1.165) is 17.4 Å². The molecule has 2 aromatic rings. The van der Waals surface area contributed by atoms with E-state index in [9.17, 15) is 9.59 Å². The summed E-state index contributed by atoms with van der Waals surface area (Å²) in [5.41, 5.74) is 2.28. The standard InChI is InChI=1S/C19H23NO5/c1-4-12-5-6-17-14(9-12)15(11-25-17)18(21)20-8-7-13(23-2)10-16(20)19(22)24-3/h5-6,9,11,13,16H,4,7-8,10H2,1-3H3/t13-,16+/m0/s1. The molecule has 134 valence electrons. The van der Waals surface area contributed by atoms with Crippen LogP contribution in [0, 0.1) is 0 Å². The maximum absolute atomic E-state index is 13.1. The fourth-order valence-electron chi connectivity index (χ4n) is 3.37. The highest BCUT2D eigenvalue weighted by Gasteiger charge is 2.38. The van der Waals surface area contributed by atoms with Gasteiger partial charge in [-0.1, -0.05) is 13.0 Å². The first-order valence-electron chi connectivity index (χ1n) is 8.50. The number of piperidine rings is 1. The van der Waals surface area contributed by atoms with Gasteiger partial charge in [-0.25, -0.2) is 4.79 Å². The Hall–Kier alpha value is -2.34. The zero-order chi connectivity index (χ0) is 18.0. The van der Waals surface area contributed by atoms with Gasteiger partial charge in [0.15, 0.2) is 0 Å². The van der Waals surface area contributed by atoms with Crippen molar-refractivity contribution < 1.29 is 23.5 Å². The molecule has 0 N–H and O–H groups in total. The Bertz CT molecular complexity index is 781. The summed E-state index contributed by atoms with van der Waals surface area (Å²) in [5.74, 6) is -0.630. The molecule has 2 heterocycles. The molecule has 0 bridgehead atoms. The maximum Gasteiger partial charge on any atom is 0.328 e. The van der Waals surface area contributed by atoms with Crippen molar-refractivity contribution >= 4 is 22.8 Å². The number of hydrogen-bond donors (Lipinski definition) is 0. The van der Waals surface area contributed by atoms with Crippen molar-refractivity contribution in [2.75, 3.05) is 20.8 Å². The number of amides is 1. The number of nitrogens with zero attached hydrogens (tertiary/aromatic N) is 1. The fourth-order valence-corrected chi connectivity index (χ4v) is 3.37. The minimum absolute atomic E-state index is 0.0547. The van der Waals surface area contributed by atoms with Crippen LogP contribution in [0.3, 0.4) is 0 Å². The number of furan rings is 1. The van der Waals surface area contributed by atoms with Gasteiger partial charge in [0.25, 0.3) is 5.91 Å². The minimum Gasteiger partial charge on any atom is -0.467 e. The molecule has 1 aromatic heterocycles. The average Bonchev–Trinajstić information content (AvgIpc) is 3.09. The predicted molar refractivity (Wildman–Crippen MR) is 92.5 cm³/mol. The topological polar surface area (TPSA) is 69.0 Å². The van der Waals surface area contributed by atoms with E-state index in [-0.39, 0.29) is 12.0 Å². The van der Waals surface area contributed by atoms with E-state index < -0.39 is 12.0 Å². The highest BCUT2D eigenvalue weighted by molar-refractivity contribution is 6.07. The third-order valence-electron chi connectivity index (χ3n) is 4.90. The van der Waals surface area contributed by atoms with E-state index >= 15 is 0 Å². The Labute approximate surface area is 146 Å². The monoisotopic (exact) mass is 345 g/mol. The van der Waals surface area contributed by atoms with Crippen LogP contribution >= 0.6 is 0 Å². The number of fused-ring (bicyclic) bond motifs is 1. The van der Waals surface area contributed by atoms with Crippen molar-refractivity contribution in [2.24, 2.45) is 0 Å². The lowest BCUT2D eigenvalue weighted by Gasteiger charge is -2.37. The highest BCUT2D eigenvalue weighted by Crippen LogP contribution is 2.28. The van der Waals surface area contributed by atoms with E-state index in [0.29, 0.717) is 30.5 Å².